The number of alkyl halides is 3. The minimum atomic E-state index is -4.53. The van der Waals surface area contributed by atoms with Crippen molar-refractivity contribution in [3.8, 4) is 0 Å². The molecule has 0 radical (unpaired) electrons. The number of hydrogen-bond acceptors (Lipinski definition) is 2. The van der Waals surface area contributed by atoms with E-state index in [0.29, 0.717) is 32.6 Å². The topological polar surface area (TPSA) is 15.3 Å². The van der Waals surface area contributed by atoms with Crippen LogP contribution in [0.4, 0.5) is 17.6 Å². The molecule has 1 aromatic carbocycles. The first-order valence-electron chi connectivity index (χ1n) is 6.75. The van der Waals surface area contributed by atoms with Gasteiger partial charge in [0.15, 0.2) is 0 Å². The first-order chi connectivity index (χ1) is 9.45. The standard InChI is InChI=1S/C14H18F4N2.ClH/c1-2-12(20-8-6-19-7-9-20)13-10(14(16,17)18)4-3-5-11(13)15;/h3-5,12,19H,2,6-9H2,1H3;1H/t12-;/m0./s1. The summed E-state index contributed by atoms with van der Waals surface area (Å²) < 4.78 is 53.3. The van der Waals surface area contributed by atoms with Crippen molar-refractivity contribution >= 4 is 12.4 Å². The molecule has 2 nitrogen and oxygen atoms in total. The van der Waals surface area contributed by atoms with Gasteiger partial charge in [-0.3, -0.25) is 4.90 Å². The highest BCUT2D eigenvalue weighted by atomic mass is 35.5. The van der Waals surface area contributed by atoms with E-state index < -0.39 is 23.6 Å². The molecular formula is C14H19ClF4N2. The van der Waals surface area contributed by atoms with Gasteiger partial charge < -0.3 is 5.32 Å². The molecule has 0 amide bonds. The van der Waals surface area contributed by atoms with Crippen LogP contribution < -0.4 is 5.32 Å². The maximum Gasteiger partial charge on any atom is 0.416 e. The molecule has 0 saturated carbocycles. The fourth-order valence-electron chi connectivity index (χ4n) is 2.76. The number of rotatable bonds is 3. The van der Waals surface area contributed by atoms with Crippen LogP contribution in [0.3, 0.4) is 0 Å². The van der Waals surface area contributed by atoms with Crippen LogP contribution >= 0.6 is 12.4 Å². The van der Waals surface area contributed by atoms with Gasteiger partial charge in [0, 0.05) is 37.8 Å². The molecule has 0 bridgehead atoms. The number of nitrogens with zero attached hydrogens (tertiary/aromatic N) is 1. The summed E-state index contributed by atoms with van der Waals surface area (Å²) >= 11 is 0. The van der Waals surface area contributed by atoms with Crippen molar-refractivity contribution in [3.05, 3.63) is 35.1 Å². The number of piperazine rings is 1. The Morgan fingerprint density at radius 3 is 2.38 bits per heavy atom. The molecule has 1 aromatic rings. The monoisotopic (exact) mass is 326 g/mol. The van der Waals surface area contributed by atoms with Gasteiger partial charge in [-0.1, -0.05) is 13.0 Å². The molecular weight excluding hydrogens is 308 g/mol. The lowest BCUT2D eigenvalue weighted by atomic mass is 9.95. The van der Waals surface area contributed by atoms with Gasteiger partial charge in [0.05, 0.1) is 5.56 Å². The summed E-state index contributed by atoms with van der Waals surface area (Å²) in [7, 11) is 0. The van der Waals surface area contributed by atoms with Gasteiger partial charge in [0.1, 0.15) is 5.82 Å². The summed E-state index contributed by atoms with van der Waals surface area (Å²) in [6.45, 7) is 4.48. The maximum absolute atomic E-state index is 14.0. The van der Waals surface area contributed by atoms with Gasteiger partial charge in [0.2, 0.25) is 0 Å². The maximum atomic E-state index is 14.0. The van der Waals surface area contributed by atoms with Crippen molar-refractivity contribution in [3.63, 3.8) is 0 Å². The van der Waals surface area contributed by atoms with E-state index in [-0.39, 0.29) is 18.0 Å². The second-order valence-corrected chi connectivity index (χ2v) is 4.91. The van der Waals surface area contributed by atoms with E-state index >= 15 is 0 Å². The Labute approximate surface area is 127 Å². The van der Waals surface area contributed by atoms with Crippen LogP contribution in [-0.2, 0) is 6.18 Å². The van der Waals surface area contributed by atoms with Crippen molar-refractivity contribution in [1.29, 1.82) is 0 Å². The van der Waals surface area contributed by atoms with Crippen molar-refractivity contribution in [2.45, 2.75) is 25.6 Å². The van der Waals surface area contributed by atoms with Crippen LogP contribution in [0.1, 0.15) is 30.5 Å². The molecule has 21 heavy (non-hydrogen) atoms. The molecule has 120 valence electrons. The summed E-state index contributed by atoms with van der Waals surface area (Å²) in [5.74, 6) is -0.773. The Balaban J connectivity index is 0.00000220. The zero-order chi connectivity index (χ0) is 14.8. The molecule has 1 aliphatic heterocycles. The Kier molecular flexibility index (Phi) is 6.43. The van der Waals surface area contributed by atoms with E-state index in [0.717, 1.165) is 18.2 Å². The van der Waals surface area contributed by atoms with Gasteiger partial charge in [-0.2, -0.15) is 13.2 Å². The molecule has 7 heteroatoms. The van der Waals surface area contributed by atoms with E-state index in [4.69, 9.17) is 0 Å². The van der Waals surface area contributed by atoms with E-state index in [1.165, 1.54) is 0 Å². The quantitative estimate of drug-likeness (QED) is 0.853. The first kappa shape index (κ1) is 18.2. The zero-order valence-corrected chi connectivity index (χ0v) is 12.5. The Morgan fingerprint density at radius 1 is 1.24 bits per heavy atom. The third-order valence-electron chi connectivity index (χ3n) is 3.67. The summed E-state index contributed by atoms with van der Waals surface area (Å²) in [5, 5.41) is 3.15. The Morgan fingerprint density at radius 2 is 1.86 bits per heavy atom. The lowest BCUT2D eigenvalue weighted by Crippen LogP contribution is -2.45. The molecule has 0 spiro atoms. The second-order valence-electron chi connectivity index (χ2n) is 4.91. The molecule has 1 heterocycles. The van der Waals surface area contributed by atoms with Crippen molar-refractivity contribution in [2.24, 2.45) is 0 Å². The van der Waals surface area contributed by atoms with Crippen LogP contribution in [0.2, 0.25) is 0 Å². The molecule has 1 atom stereocenters. The highest BCUT2D eigenvalue weighted by molar-refractivity contribution is 5.85. The minimum absolute atomic E-state index is 0. The molecule has 1 N–H and O–H groups in total. The summed E-state index contributed by atoms with van der Waals surface area (Å²) in [6, 6.07) is 2.65. The zero-order valence-electron chi connectivity index (χ0n) is 11.7. The highest BCUT2D eigenvalue weighted by Crippen LogP contribution is 2.38. The summed E-state index contributed by atoms with van der Waals surface area (Å²) in [4.78, 5) is 1.92. The lowest BCUT2D eigenvalue weighted by Gasteiger charge is -2.36. The smallest absolute Gasteiger partial charge is 0.314 e. The molecule has 1 aliphatic rings. The molecule has 1 saturated heterocycles. The van der Waals surface area contributed by atoms with E-state index in [9.17, 15) is 17.6 Å². The van der Waals surface area contributed by atoms with Crippen LogP contribution in [0.25, 0.3) is 0 Å². The van der Waals surface area contributed by atoms with E-state index in [1.807, 2.05) is 4.90 Å². The van der Waals surface area contributed by atoms with Crippen LogP contribution in [0.5, 0.6) is 0 Å². The number of nitrogens with one attached hydrogen (secondary N) is 1. The highest BCUT2D eigenvalue weighted by Gasteiger charge is 2.37. The SMILES string of the molecule is CC[C@@H](c1c(F)cccc1C(F)(F)F)N1CCNCC1.Cl. The Bertz CT molecular complexity index is 459. The van der Waals surface area contributed by atoms with E-state index in [1.54, 1.807) is 6.92 Å². The average molecular weight is 327 g/mol. The molecule has 0 unspecified atom stereocenters. The predicted octanol–water partition coefficient (Wildman–Crippen LogP) is 3.62. The van der Waals surface area contributed by atoms with Crippen molar-refractivity contribution in [1.82, 2.24) is 10.2 Å². The lowest BCUT2D eigenvalue weighted by molar-refractivity contribution is -0.139. The number of hydrogen-bond donors (Lipinski definition) is 1. The average Bonchev–Trinajstić information content (AvgIpc) is 2.41. The fourth-order valence-corrected chi connectivity index (χ4v) is 2.76. The summed E-state index contributed by atoms with van der Waals surface area (Å²) in [6.07, 6.45) is -4.08. The molecule has 0 aliphatic carbocycles. The van der Waals surface area contributed by atoms with Crippen molar-refractivity contribution < 1.29 is 17.6 Å². The Hall–Kier alpha value is -0.850. The van der Waals surface area contributed by atoms with Gasteiger partial charge in [0.25, 0.3) is 0 Å². The predicted molar refractivity (Wildman–Crippen MR) is 76.1 cm³/mol. The third-order valence-corrected chi connectivity index (χ3v) is 3.67. The van der Waals surface area contributed by atoms with E-state index in [2.05, 4.69) is 5.32 Å². The third kappa shape index (κ3) is 4.08. The minimum Gasteiger partial charge on any atom is -0.314 e. The van der Waals surface area contributed by atoms with Gasteiger partial charge >= 0.3 is 6.18 Å². The number of halogens is 5. The largest absolute Gasteiger partial charge is 0.416 e. The summed E-state index contributed by atoms with van der Waals surface area (Å²) in [5.41, 5.74) is -1.08. The van der Waals surface area contributed by atoms with Crippen LogP contribution in [0.15, 0.2) is 18.2 Å². The first-order valence-corrected chi connectivity index (χ1v) is 6.75. The second kappa shape index (κ2) is 7.42. The molecule has 1 fully saturated rings. The van der Waals surface area contributed by atoms with Gasteiger partial charge in [-0.05, 0) is 18.6 Å². The normalized spacial score (nSPS) is 18.1. The van der Waals surface area contributed by atoms with Gasteiger partial charge in [-0.25, -0.2) is 4.39 Å². The van der Waals surface area contributed by atoms with Gasteiger partial charge in [-0.15, -0.1) is 12.4 Å². The molecule has 0 aromatic heterocycles. The van der Waals surface area contributed by atoms with Crippen molar-refractivity contribution in [2.75, 3.05) is 26.2 Å². The number of benzene rings is 1. The molecule has 2 rings (SSSR count). The van der Waals surface area contributed by atoms with Crippen LogP contribution in [-0.4, -0.2) is 31.1 Å². The van der Waals surface area contributed by atoms with Crippen LogP contribution in [0, 0.1) is 5.82 Å². The fraction of sp³-hybridized carbons (Fsp3) is 0.571.